The fourth-order valence-corrected chi connectivity index (χ4v) is 54.2. The Bertz CT molecular complexity index is 902. The lowest BCUT2D eigenvalue weighted by Gasteiger charge is -2.62. The lowest BCUT2D eigenvalue weighted by molar-refractivity contribution is -0.147. The number of carbonyl (C=O) groups excluding carboxylic acids is 1. The monoisotopic (exact) mass is 720 g/mol. The minimum absolute atomic E-state index is 0.299. The van der Waals surface area contributed by atoms with E-state index in [0.717, 1.165) is 0 Å². The second kappa shape index (κ2) is 11.2. The van der Waals surface area contributed by atoms with Gasteiger partial charge in [-0.1, -0.05) is 62.3 Å². The highest BCUT2D eigenvalue weighted by Crippen LogP contribution is 2.52. The molecule has 0 aliphatic carbocycles. The number of rotatable bonds is 10. The van der Waals surface area contributed by atoms with Crippen LogP contribution in [0.5, 0.6) is 0 Å². The first-order valence-corrected chi connectivity index (χ1v) is 30.3. The third-order valence-electron chi connectivity index (χ3n) is 7.63. The third-order valence-corrected chi connectivity index (χ3v) is 44.0. The smallest absolute Gasteiger partial charge is 0.461 e. The van der Waals surface area contributed by atoms with Gasteiger partial charge in [0.1, 0.15) is 0 Å². The molecule has 6 heterocycles. The van der Waals surface area contributed by atoms with Crippen molar-refractivity contribution in [2.24, 2.45) is 5.92 Å². The van der Waals surface area contributed by atoms with Crippen LogP contribution in [0.25, 0.3) is 0 Å². The number of ether oxygens (including phenoxy) is 1. The van der Waals surface area contributed by atoms with Crippen molar-refractivity contribution in [2.45, 2.75) is 105 Å². The van der Waals surface area contributed by atoms with Crippen molar-refractivity contribution in [1.29, 1.82) is 0 Å². The molecule has 8 bridgehead atoms. The SMILES string of the molecule is CC[Si]12O[Si]3(CC)O[Si]4(CC)O[Si](CC)(O1)O[Si]1(CC)O[Si](CC)(O2)O[Si](CC)(O3)O[Si](COC(=O)C(C)C)(O4)O1. The molecule has 0 atom stereocenters. The van der Waals surface area contributed by atoms with E-state index in [1.807, 2.05) is 48.5 Å². The van der Waals surface area contributed by atoms with Crippen molar-refractivity contribution in [2.75, 3.05) is 6.23 Å². The zero-order chi connectivity index (χ0) is 30.0. The molecule has 0 aromatic heterocycles. The van der Waals surface area contributed by atoms with Crippen LogP contribution in [0.1, 0.15) is 62.3 Å². The Labute approximate surface area is 251 Å². The van der Waals surface area contributed by atoms with E-state index in [-0.39, 0.29) is 12.1 Å². The van der Waals surface area contributed by atoms with Crippen LogP contribution in [0.2, 0.25) is 42.3 Å². The number of esters is 1. The summed E-state index contributed by atoms with van der Waals surface area (Å²) in [7, 11) is -30.2. The van der Waals surface area contributed by atoms with Crippen LogP contribution in [-0.2, 0) is 58.9 Å². The quantitative estimate of drug-likeness (QED) is 0.240. The molecule has 41 heavy (non-hydrogen) atoms. The predicted molar refractivity (Wildman–Crippen MR) is 158 cm³/mol. The summed E-state index contributed by atoms with van der Waals surface area (Å²) in [5, 5.41) is 0. The number of hydrogen-bond donors (Lipinski definition) is 0. The van der Waals surface area contributed by atoms with Crippen molar-refractivity contribution < 1.29 is 58.9 Å². The van der Waals surface area contributed by atoms with Crippen LogP contribution >= 0.6 is 0 Å². The second-order valence-electron chi connectivity index (χ2n) is 10.9. The molecule has 0 spiro atoms. The van der Waals surface area contributed by atoms with Crippen LogP contribution in [0.3, 0.4) is 0 Å². The standard InChI is InChI=1S/C19H44O14Si8/c1-10-34-22-35(11-2)25-38(14-5)27-36(12-3,23-34)29-40(16-7)30-37(13-4,24-34)28-39(15-6,26-35)32-41(31-38,33-40)17-21-19(20)18(8)9/h18H,10-17H2,1-9H3. The maximum Gasteiger partial charge on any atom is 0.518 e. The van der Waals surface area contributed by atoms with E-state index in [1.165, 1.54) is 0 Å². The van der Waals surface area contributed by atoms with Crippen LogP contribution in [0.15, 0.2) is 0 Å². The summed E-state index contributed by atoms with van der Waals surface area (Å²) in [6.07, 6.45) is -0.299. The molecular formula is C19H44O14Si8. The van der Waals surface area contributed by atoms with Crippen molar-refractivity contribution in [3.05, 3.63) is 0 Å². The average Bonchev–Trinajstić information content (AvgIpc) is 2.90. The Balaban J connectivity index is 1.81. The van der Waals surface area contributed by atoms with E-state index in [9.17, 15) is 4.79 Å². The molecule has 22 heteroatoms. The normalized spacial score (nSPS) is 48.8. The summed E-state index contributed by atoms with van der Waals surface area (Å²) < 4.78 is 90.0. The molecule has 0 N–H and O–H groups in total. The first-order chi connectivity index (χ1) is 19.2. The van der Waals surface area contributed by atoms with Gasteiger partial charge in [0.15, 0.2) is 6.23 Å². The molecule has 236 valence electrons. The summed E-state index contributed by atoms with van der Waals surface area (Å²) in [6.45, 7) is 17.0. The molecule has 14 nitrogen and oxygen atoms in total. The molecule has 0 amide bonds. The minimum atomic E-state index is -4.10. The molecule has 6 aliphatic rings. The van der Waals surface area contributed by atoms with Gasteiger partial charge in [-0.15, -0.1) is 0 Å². The van der Waals surface area contributed by atoms with Gasteiger partial charge in [0, 0.05) is 42.3 Å². The molecule has 0 saturated carbocycles. The predicted octanol–water partition coefficient (Wildman–Crippen LogP) is 3.64. The zero-order valence-corrected chi connectivity index (χ0v) is 33.4. The fraction of sp³-hybridized carbons (Fsp3) is 0.947. The van der Waals surface area contributed by atoms with Crippen LogP contribution in [-0.4, -0.2) is 82.6 Å². The Hall–Kier alpha value is 0.725. The van der Waals surface area contributed by atoms with Crippen molar-refractivity contribution in [3.63, 3.8) is 0 Å². The van der Waals surface area contributed by atoms with E-state index >= 15 is 0 Å². The van der Waals surface area contributed by atoms with Crippen molar-refractivity contribution in [1.82, 2.24) is 0 Å². The summed E-state index contributed by atoms with van der Waals surface area (Å²) in [5.74, 6) is -0.801. The molecule has 0 aromatic carbocycles. The number of carbonyl (C=O) groups is 1. The topological polar surface area (TPSA) is 137 Å². The van der Waals surface area contributed by atoms with Gasteiger partial charge in [0.05, 0.1) is 5.92 Å². The van der Waals surface area contributed by atoms with Crippen LogP contribution in [0.4, 0.5) is 0 Å². The molecule has 6 fully saturated rings. The van der Waals surface area contributed by atoms with Crippen molar-refractivity contribution >= 4 is 76.4 Å². The third kappa shape index (κ3) is 5.68. The molecule has 6 aliphatic heterocycles. The van der Waals surface area contributed by atoms with Gasteiger partial charge in [-0.3, -0.25) is 4.79 Å². The van der Waals surface area contributed by atoms with E-state index in [2.05, 4.69) is 0 Å². The van der Waals surface area contributed by atoms with E-state index in [4.69, 9.17) is 54.1 Å². The minimum Gasteiger partial charge on any atom is -0.461 e. The molecule has 0 radical (unpaired) electrons. The maximum absolute atomic E-state index is 12.8. The van der Waals surface area contributed by atoms with Gasteiger partial charge in [-0.25, -0.2) is 0 Å². The summed E-state index contributed by atoms with van der Waals surface area (Å²) in [6, 6.07) is 2.53. The van der Waals surface area contributed by atoms with Gasteiger partial charge in [-0.05, 0) is 0 Å². The zero-order valence-electron chi connectivity index (χ0n) is 25.4. The first kappa shape index (κ1) is 33.1. The lowest BCUT2D eigenvalue weighted by atomic mass is 10.2. The summed E-state index contributed by atoms with van der Waals surface area (Å²) in [5.41, 5.74) is 0. The average molecular weight is 721 g/mol. The number of hydrogen-bond acceptors (Lipinski definition) is 14. The highest BCUT2D eigenvalue weighted by molar-refractivity contribution is 7.03. The van der Waals surface area contributed by atoms with Gasteiger partial charge in [0.2, 0.25) is 0 Å². The van der Waals surface area contributed by atoms with Gasteiger partial charge >= 0.3 is 76.4 Å². The van der Waals surface area contributed by atoms with E-state index in [0.29, 0.717) is 42.3 Å². The van der Waals surface area contributed by atoms with E-state index in [1.54, 1.807) is 13.8 Å². The van der Waals surface area contributed by atoms with Crippen molar-refractivity contribution in [3.8, 4) is 0 Å². The molecule has 6 saturated heterocycles. The molecule has 0 unspecified atom stereocenters. The largest absolute Gasteiger partial charge is 0.518 e. The Morgan fingerprint density at radius 1 is 0.439 bits per heavy atom. The van der Waals surface area contributed by atoms with E-state index < -0.39 is 76.4 Å². The molecular weight excluding hydrogens is 677 g/mol. The molecule has 0 aromatic rings. The lowest BCUT2D eigenvalue weighted by Crippen LogP contribution is -2.88. The fourth-order valence-electron chi connectivity index (χ4n) is 5.27. The van der Waals surface area contributed by atoms with Gasteiger partial charge < -0.3 is 54.1 Å². The first-order valence-electron chi connectivity index (χ1n) is 14.8. The summed E-state index contributed by atoms with van der Waals surface area (Å²) in [4.78, 5) is 12.8. The Kier molecular flexibility index (Phi) is 9.05. The second-order valence-corrected chi connectivity index (χ2v) is 36.9. The Morgan fingerprint density at radius 2 is 0.634 bits per heavy atom. The van der Waals surface area contributed by atoms with Gasteiger partial charge in [0.25, 0.3) is 0 Å². The van der Waals surface area contributed by atoms with Gasteiger partial charge in [-0.2, -0.15) is 0 Å². The van der Waals surface area contributed by atoms with Crippen LogP contribution in [0, 0.1) is 5.92 Å². The highest BCUT2D eigenvalue weighted by atomic mass is 28.6. The summed E-state index contributed by atoms with van der Waals surface area (Å²) >= 11 is 0. The highest BCUT2D eigenvalue weighted by Gasteiger charge is 2.82. The maximum atomic E-state index is 12.8. The molecule has 6 rings (SSSR count). The van der Waals surface area contributed by atoms with Crippen LogP contribution < -0.4 is 0 Å². The Morgan fingerprint density at radius 3 is 0.805 bits per heavy atom.